The Bertz CT molecular complexity index is 380. The summed E-state index contributed by atoms with van der Waals surface area (Å²) < 4.78 is 38.1. The second-order valence-electron chi connectivity index (χ2n) is 5.15. The zero-order valence-electron chi connectivity index (χ0n) is 11.3. The maximum Gasteiger partial charge on any atom is 0.281 e. The number of ether oxygens (including phenoxy) is 2. The third-order valence-electron chi connectivity index (χ3n) is 3.87. The van der Waals surface area contributed by atoms with Gasteiger partial charge in [0, 0.05) is 40.0 Å². The highest BCUT2D eigenvalue weighted by atomic mass is 32.2. The van der Waals surface area contributed by atoms with Gasteiger partial charge >= 0.3 is 0 Å². The molecule has 1 heterocycles. The topological polar surface area (TPSA) is 59.1 Å². The molecule has 0 amide bonds. The molecule has 1 spiro atoms. The van der Waals surface area contributed by atoms with E-state index in [9.17, 15) is 8.42 Å². The monoisotopic (exact) mass is 278 g/mol. The van der Waals surface area contributed by atoms with Crippen LogP contribution in [0.15, 0.2) is 0 Å². The third kappa shape index (κ3) is 2.55. The fourth-order valence-corrected chi connectivity index (χ4v) is 3.74. The summed E-state index contributed by atoms with van der Waals surface area (Å²) in [5.41, 5.74) is 0. The lowest BCUT2D eigenvalue weighted by Gasteiger charge is -2.39. The zero-order chi connectivity index (χ0) is 13.4. The van der Waals surface area contributed by atoms with Gasteiger partial charge in [0.05, 0.1) is 13.2 Å². The summed E-state index contributed by atoms with van der Waals surface area (Å²) in [5, 5.41) is 0. The van der Waals surface area contributed by atoms with Crippen molar-refractivity contribution in [1.82, 2.24) is 8.61 Å². The van der Waals surface area contributed by atoms with Gasteiger partial charge in [-0.25, -0.2) is 0 Å². The van der Waals surface area contributed by atoms with Crippen molar-refractivity contribution in [3.8, 4) is 0 Å². The van der Waals surface area contributed by atoms with Gasteiger partial charge in [-0.15, -0.1) is 0 Å². The van der Waals surface area contributed by atoms with E-state index in [4.69, 9.17) is 9.47 Å². The van der Waals surface area contributed by atoms with Crippen molar-refractivity contribution in [1.29, 1.82) is 0 Å². The van der Waals surface area contributed by atoms with Crippen LogP contribution in [-0.2, 0) is 19.7 Å². The van der Waals surface area contributed by atoms with Crippen LogP contribution in [0.5, 0.6) is 0 Å². The molecule has 2 aliphatic rings. The minimum atomic E-state index is -3.33. The minimum Gasteiger partial charge on any atom is -0.348 e. The van der Waals surface area contributed by atoms with E-state index in [0.717, 1.165) is 25.7 Å². The number of hydrogen-bond acceptors (Lipinski definition) is 4. The molecule has 0 bridgehead atoms. The molecular weight excluding hydrogens is 256 g/mol. The summed E-state index contributed by atoms with van der Waals surface area (Å²) in [7, 11) is 1.43. The molecule has 106 valence electrons. The van der Waals surface area contributed by atoms with Gasteiger partial charge < -0.3 is 9.47 Å². The highest BCUT2D eigenvalue weighted by Gasteiger charge is 2.42. The zero-order valence-corrected chi connectivity index (χ0v) is 12.1. The molecular formula is C11H22N2O4S. The van der Waals surface area contributed by atoms with Crippen molar-refractivity contribution in [3.05, 3.63) is 0 Å². The Kier molecular flexibility index (Phi) is 3.99. The molecule has 0 unspecified atom stereocenters. The second kappa shape index (κ2) is 5.05. The van der Waals surface area contributed by atoms with Crippen LogP contribution in [0.1, 0.15) is 25.7 Å². The molecule has 0 atom stereocenters. The van der Waals surface area contributed by atoms with Crippen LogP contribution in [0.25, 0.3) is 0 Å². The first-order valence-corrected chi connectivity index (χ1v) is 7.70. The first-order valence-electron chi connectivity index (χ1n) is 6.31. The predicted octanol–water partition coefficient (Wildman–Crippen LogP) is 0.410. The first kappa shape index (κ1) is 14.2. The second-order valence-corrected chi connectivity index (χ2v) is 7.35. The Morgan fingerprint density at radius 2 is 1.56 bits per heavy atom. The highest BCUT2D eigenvalue weighted by molar-refractivity contribution is 7.86. The van der Waals surface area contributed by atoms with Gasteiger partial charge in [-0.3, -0.25) is 0 Å². The quantitative estimate of drug-likeness (QED) is 0.750. The lowest BCUT2D eigenvalue weighted by Crippen LogP contribution is -2.48. The van der Waals surface area contributed by atoms with Gasteiger partial charge in [0.2, 0.25) is 0 Å². The highest BCUT2D eigenvalue weighted by Crippen LogP contribution is 2.37. The van der Waals surface area contributed by atoms with E-state index in [1.54, 1.807) is 21.1 Å². The average molecular weight is 278 g/mol. The Morgan fingerprint density at radius 3 is 2.00 bits per heavy atom. The molecule has 18 heavy (non-hydrogen) atoms. The maximum atomic E-state index is 12.0. The molecule has 1 saturated heterocycles. The smallest absolute Gasteiger partial charge is 0.281 e. The molecule has 0 radical (unpaired) electrons. The number of nitrogens with zero attached hydrogens (tertiary/aromatic N) is 2. The molecule has 1 saturated carbocycles. The molecule has 0 aromatic rings. The van der Waals surface area contributed by atoms with Gasteiger partial charge in [-0.05, 0) is 12.8 Å². The van der Waals surface area contributed by atoms with E-state index >= 15 is 0 Å². The average Bonchev–Trinajstić information content (AvgIpc) is 2.77. The summed E-state index contributed by atoms with van der Waals surface area (Å²) in [5.74, 6) is -0.431. The Balaban J connectivity index is 1.97. The molecule has 1 aliphatic carbocycles. The molecule has 2 fully saturated rings. The van der Waals surface area contributed by atoms with E-state index in [1.807, 2.05) is 0 Å². The standard InChI is InChI=1S/C11H22N2O4S/c1-12(2)18(14,15)13(3)10-4-6-11(7-5-10)16-8-9-17-11/h10H,4-9H2,1-3H3. The van der Waals surface area contributed by atoms with Crippen LogP contribution in [0.2, 0.25) is 0 Å². The third-order valence-corrected chi connectivity index (χ3v) is 5.82. The van der Waals surface area contributed by atoms with Crippen LogP contribution in [0.4, 0.5) is 0 Å². The molecule has 6 nitrogen and oxygen atoms in total. The molecule has 2 rings (SSSR count). The normalized spacial score (nSPS) is 25.4. The van der Waals surface area contributed by atoms with E-state index in [0.29, 0.717) is 13.2 Å². The minimum absolute atomic E-state index is 0.0378. The lowest BCUT2D eigenvalue weighted by molar-refractivity contribution is -0.181. The van der Waals surface area contributed by atoms with Crippen molar-refractivity contribution < 1.29 is 17.9 Å². The molecule has 1 aliphatic heterocycles. The van der Waals surface area contributed by atoms with Gasteiger partial charge in [-0.1, -0.05) is 0 Å². The van der Waals surface area contributed by atoms with Gasteiger partial charge in [-0.2, -0.15) is 17.0 Å². The van der Waals surface area contributed by atoms with Crippen LogP contribution < -0.4 is 0 Å². The van der Waals surface area contributed by atoms with E-state index in [1.165, 1.54) is 8.61 Å². The fraction of sp³-hybridized carbons (Fsp3) is 1.00. The van der Waals surface area contributed by atoms with Crippen LogP contribution in [0.3, 0.4) is 0 Å². The summed E-state index contributed by atoms with van der Waals surface area (Å²) in [6.45, 7) is 1.30. The number of hydrogen-bond donors (Lipinski definition) is 0. The molecule has 7 heteroatoms. The van der Waals surface area contributed by atoms with Crippen molar-refractivity contribution >= 4 is 10.2 Å². The van der Waals surface area contributed by atoms with Crippen LogP contribution in [0, 0.1) is 0 Å². The van der Waals surface area contributed by atoms with Crippen LogP contribution >= 0.6 is 0 Å². The first-order chi connectivity index (χ1) is 8.37. The van der Waals surface area contributed by atoms with Crippen molar-refractivity contribution in [2.24, 2.45) is 0 Å². The number of rotatable bonds is 3. The SMILES string of the molecule is CN(C)S(=O)(=O)N(C)C1CCC2(CC1)OCCO2. The van der Waals surface area contributed by atoms with Gasteiger partial charge in [0.25, 0.3) is 10.2 Å². The van der Waals surface area contributed by atoms with Crippen molar-refractivity contribution in [2.45, 2.75) is 37.5 Å². The van der Waals surface area contributed by atoms with Crippen molar-refractivity contribution in [2.75, 3.05) is 34.4 Å². The van der Waals surface area contributed by atoms with E-state index in [-0.39, 0.29) is 6.04 Å². The van der Waals surface area contributed by atoms with Crippen LogP contribution in [-0.4, -0.2) is 63.2 Å². The lowest BCUT2D eigenvalue weighted by atomic mass is 9.90. The summed E-state index contributed by atoms with van der Waals surface area (Å²) in [4.78, 5) is 0. The molecule has 0 aromatic heterocycles. The van der Waals surface area contributed by atoms with Gasteiger partial charge in [0.1, 0.15) is 0 Å². The summed E-state index contributed by atoms with van der Waals surface area (Å²) >= 11 is 0. The predicted molar refractivity (Wildman–Crippen MR) is 67.3 cm³/mol. The van der Waals surface area contributed by atoms with E-state index in [2.05, 4.69) is 0 Å². The fourth-order valence-electron chi connectivity index (χ4n) is 2.64. The Hall–Kier alpha value is -0.210. The summed E-state index contributed by atoms with van der Waals surface area (Å²) in [6.07, 6.45) is 3.10. The Labute approximate surface area is 109 Å². The maximum absolute atomic E-state index is 12.0. The molecule has 0 aromatic carbocycles. The Morgan fingerprint density at radius 1 is 1.06 bits per heavy atom. The summed E-state index contributed by atoms with van der Waals surface area (Å²) in [6, 6.07) is 0.0378. The van der Waals surface area contributed by atoms with E-state index < -0.39 is 16.0 Å². The molecule has 0 N–H and O–H groups in total. The van der Waals surface area contributed by atoms with Gasteiger partial charge in [0.15, 0.2) is 5.79 Å². The largest absolute Gasteiger partial charge is 0.348 e. The van der Waals surface area contributed by atoms with Crippen molar-refractivity contribution in [3.63, 3.8) is 0 Å².